The zero-order valence-electron chi connectivity index (χ0n) is 14.4. The fraction of sp³-hybridized carbons (Fsp3) is 0.0952. The first-order chi connectivity index (χ1) is 12.9. The van der Waals surface area contributed by atoms with Crippen LogP contribution in [0.3, 0.4) is 0 Å². The van der Waals surface area contributed by atoms with Crippen LogP contribution in [0.25, 0.3) is 11.1 Å². The van der Waals surface area contributed by atoms with Crippen molar-refractivity contribution in [3.63, 3.8) is 0 Å². The van der Waals surface area contributed by atoms with Gasteiger partial charge in [0.1, 0.15) is 0 Å². The van der Waals surface area contributed by atoms with E-state index >= 15 is 0 Å². The van der Waals surface area contributed by atoms with Crippen LogP contribution in [-0.4, -0.2) is 27.9 Å². The number of carboxylic acids is 2. The van der Waals surface area contributed by atoms with Crippen molar-refractivity contribution in [1.82, 2.24) is 0 Å². The first kappa shape index (κ1) is 18.5. The number of aromatic carboxylic acids is 1. The molecule has 0 aliphatic rings. The molecule has 3 rings (SSSR count). The first-order valence-corrected chi connectivity index (χ1v) is 9.00. The molecule has 2 N–H and O–H groups in total. The van der Waals surface area contributed by atoms with E-state index in [0.717, 1.165) is 11.3 Å². The van der Waals surface area contributed by atoms with Gasteiger partial charge in [0, 0.05) is 10.4 Å². The van der Waals surface area contributed by atoms with E-state index in [2.05, 4.69) is 0 Å². The molecule has 0 bridgehead atoms. The Kier molecular flexibility index (Phi) is 5.19. The van der Waals surface area contributed by atoms with Crippen LogP contribution in [0.1, 0.15) is 43.3 Å². The molecule has 0 radical (unpaired) electrons. The first-order valence-electron chi connectivity index (χ1n) is 8.18. The lowest BCUT2D eigenvalue weighted by molar-refractivity contribution is -0.138. The van der Waals surface area contributed by atoms with E-state index in [1.165, 1.54) is 6.07 Å². The maximum atomic E-state index is 12.8. The molecule has 27 heavy (non-hydrogen) atoms. The van der Waals surface area contributed by atoms with Crippen molar-refractivity contribution in [2.24, 2.45) is 0 Å². The SMILES string of the molecule is CC(C(=O)O)c1ccc(C(=O)c2cccc(-c3ccccc3C(=O)O)c2)s1. The van der Waals surface area contributed by atoms with Crippen molar-refractivity contribution in [3.05, 3.63) is 81.5 Å². The Labute approximate surface area is 159 Å². The molecule has 0 aliphatic heterocycles. The van der Waals surface area contributed by atoms with Crippen LogP contribution < -0.4 is 0 Å². The van der Waals surface area contributed by atoms with Gasteiger partial charge in [-0.25, -0.2) is 4.79 Å². The summed E-state index contributed by atoms with van der Waals surface area (Å²) in [6, 6.07) is 16.7. The maximum absolute atomic E-state index is 12.8. The molecule has 136 valence electrons. The standard InChI is InChI=1S/C21H16O5S/c1-12(20(23)24)17-9-10-18(27-17)19(22)14-6-4-5-13(11-14)15-7-2-3-8-16(15)21(25)26/h2-12H,1H3,(H,23,24)(H,25,26). The molecule has 0 aliphatic carbocycles. The zero-order chi connectivity index (χ0) is 19.6. The third-order valence-corrected chi connectivity index (χ3v) is 5.51. The van der Waals surface area contributed by atoms with E-state index in [9.17, 15) is 19.5 Å². The van der Waals surface area contributed by atoms with Crippen molar-refractivity contribution in [2.75, 3.05) is 0 Å². The van der Waals surface area contributed by atoms with Crippen LogP contribution in [0.2, 0.25) is 0 Å². The van der Waals surface area contributed by atoms with Crippen LogP contribution in [0.15, 0.2) is 60.7 Å². The van der Waals surface area contributed by atoms with E-state index in [1.54, 1.807) is 61.5 Å². The molecule has 0 saturated heterocycles. The third-order valence-electron chi connectivity index (χ3n) is 4.24. The molecule has 3 aromatic rings. The lowest BCUT2D eigenvalue weighted by atomic mass is 9.97. The second kappa shape index (κ2) is 7.55. The quantitative estimate of drug-likeness (QED) is 0.613. The minimum atomic E-state index is -1.03. The molecule has 1 unspecified atom stereocenters. The average molecular weight is 380 g/mol. The molecule has 0 spiro atoms. The number of aliphatic carboxylic acids is 1. The van der Waals surface area contributed by atoms with Crippen LogP contribution in [0.4, 0.5) is 0 Å². The van der Waals surface area contributed by atoms with Crippen molar-refractivity contribution >= 4 is 29.1 Å². The molecule has 0 saturated carbocycles. The van der Waals surface area contributed by atoms with Gasteiger partial charge in [-0.3, -0.25) is 9.59 Å². The van der Waals surface area contributed by atoms with E-state index in [0.29, 0.717) is 26.4 Å². The van der Waals surface area contributed by atoms with Crippen molar-refractivity contribution < 1.29 is 24.6 Å². The molecule has 1 aromatic heterocycles. The summed E-state index contributed by atoms with van der Waals surface area (Å²) in [7, 11) is 0. The minimum absolute atomic E-state index is 0.163. The number of rotatable bonds is 6. The predicted molar refractivity (Wildman–Crippen MR) is 103 cm³/mol. The lowest BCUT2D eigenvalue weighted by Gasteiger charge is -2.08. The summed E-state index contributed by atoms with van der Waals surface area (Å²) in [5, 5.41) is 18.5. The second-order valence-corrected chi connectivity index (χ2v) is 7.14. The van der Waals surface area contributed by atoms with Gasteiger partial charge in [-0.2, -0.15) is 0 Å². The van der Waals surface area contributed by atoms with Gasteiger partial charge >= 0.3 is 11.9 Å². The average Bonchev–Trinajstić information content (AvgIpc) is 3.16. The van der Waals surface area contributed by atoms with Gasteiger partial charge in [-0.1, -0.05) is 36.4 Å². The van der Waals surface area contributed by atoms with Gasteiger partial charge in [0.25, 0.3) is 0 Å². The second-order valence-electron chi connectivity index (χ2n) is 6.02. The molecule has 0 fully saturated rings. The Morgan fingerprint density at radius 3 is 2.37 bits per heavy atom. The summed E-state index contributed by atoms with van der Waals surface area (Å²) >= 11 is 1.16. The molecular formula is C21H16O5S. The number of carbonyl (C=O) groups excluding carboxylic acids is 1. The Hall–Kier alpha value is -3.25. The Bertz CT molecular complexity index is 1030. The number of hydrogen-bond acceptors (Lipinski definition) is 4. The van der Waals surface area contributed by atoms with Crippen molar-refractivity contribution in [3.8, 4) is 11.1 Å². The normalized spacial score (nSPS) is 11.7. The highest BCUT2D eigenvalue weighted by molar-refractivity contribution is 7.14. The molecule has 0 amide bonds. The summed E-state index contributed by atoms with van der Waals surface area (Å²) in [4.78, 5) is 36.4. The van der Waals surface area contributed by atoms with E-state index in [4.69, 9.17) is 5.11 Å². The zero-order valence-corrected chi connectivity index (χ0v) is 15.2. The third kappa shape index (κ3) is 3.80. The smallest absolute Gasteiger partial charge is 0.336 e. The molecular weight excluding hydrogens is 364 g/mol. The summed E-state index contributed by atoms with van der Waals surface area (Å²) in [6.45, 7) is 1.58. The molecule has 6 heteroatoms. The highest BCUT2D eigenvalue weighted by Gasteiger charge is 2.19. The highest BCUT2D eigenvalue weighted by Crippen LogP contribution is 2.29. The Morgan fingerprint density at radius 2 is 1.67 bits per heavy atom. The number of ketones is 1. The van der Waals surface area contributed by atoms with Gasteiger partial charge < -0.3 is 10.2 Å². The number of hydrogen-bond donors (Lipinski definition) is 2. The van der Waals surface area contributed by atoms with E-state index in [-0.39, 0.29) is 11.3 Å². The monoisotopic (exact) mass is 380 g/mol. The van der Waals surface area contributed by atoms with E-state index in [1.807, 2.05) is 0 Å². The number of carbonyl (C=O) groups is 3. The fourth-order valence-electron chi connectivity index (χ4n) is 2.72. The topological polar surface area (TPSA) is 91.7 Å². The Morgan fingerprint density at radius 1 is 0.926 bits per heavy atom. The van der Waals surface area contributed by atoms with Crippen LogP contribution >= 0.6 is 11.3 Å². The predicted octanol–water partition coefficient (Wildman–Crippen LogP) is 4.53. The summed E-state index contributed by atoms with van der Waals surface area (Å²) in [5.74, 6) is -2.88. The summed E-state index contributed by atoms with van der Waals surface area (Å²) < 4.78 is 0. The highest BCUT2D eigenvalue weighted by atomic mass is 32.1. The molecule has 5 nitrogen and oxygen atoms in total. The van der Waals surface area contributed by atoms with Crippen molar-refractivity contribution in [1.29, 1.82) is 0 Å². The van der Waals surface area contributed by atoms with Gasteiger partial charge in [-0.05, 0) is 42.3 Å². The lowest BCUT2D eigenvalue weighted by Crippen LogP contribution is -2.05. The largest absolute Gasteiger partial charge is 0.481 e. The summed E-state index contributed by atoms with van der Waals surface area (Å²) in [6.07, 6.45) is 0. The molecule has 1 atom stereocenters. The van der Waals surface area contributed by atoms with Crippen LogP contribution in [0.5, 0.6) is 0 Å². The van der Waals surface area contributed by atoms with Gasteiger partial charge in [-0.15, -0.1) is 11.3 Å². The summed E-state index contributed by atoms with van der Waals surface area (Å²) in [5.41, 5.74) is 1.75. The fourth-order valence-corrected chi connectivity index (χ4v) is 3.74. The minimum Gasteiger partial charge on any atom is -0.481 e. The number of benzene rings is 2. The van der Waals surface area contributed by atoms with Crippen LogP contribution in [0, 0.1) is 0 Å². The molecule has 2 aromatic carbocycles. The number of thiophene rings is 1. The van der Waals surface area contributed by atoms with Gasteiger partial charge in [0.2, 0.25) is 5.78 Å². The maximum Gasteiger partial charge on any atom is 0.336 e. The van der Waals surface area contributed by atoms with Gasteiger partial charge in [0.05, 0.1) is 16.4 Å². The Balaban J connectivity index is 1.96. The van der Waals surface area contributed by atoms with E-state index < -0.39 is 17.9 Å². The number of carboxylic acid groups (broad SMARTS) is 2. The van der Waals surface area contributed by atoms with Gasteiger partial charge in [0.15, 0.2) is 0 Å². The van der Waals surface area contributed by atoms with Crippen molar-refractivity contribution in [2.45, 2.75) is 12.8 Å². The molecule has 1 heterocycles. The van der Waals surface area contributed by atoms with Crippen LogP contribution in [-0.2, 0) is 4.79 Å².